The van der Waals surface area contributed by atoms with E-state index in [0.717, 1.165) is 0 Å². The number of nitrogens with zero attached hydrogens (tertiary/aromatic N) is 3. The normalized spacial score (nSPS) is 10.5. The molecule has 0 saturated heterocycles. The van der Waals surface area contributed by atoms with E-state index in [9.17, 15) is 4.79 Å². The fraction of sp³-hybridized carbons (Fsp3) is 0. The zero-order valence-electron chi connectivity index (χ0n) is 5.75. The van der Waals surface area contributed by atoms with Gasteiger partial charge in [0.2, 0.25) is 5.65 Å². The Labute approximate surface area is 61.5 Å². The fourth-order valence-corrected chi connectivity index (χ4v) is 0.798. The first-order valence-electron chi connectivity index (χ1n) is 3.05. The van der Waals surface area contributed by atoms with Crippen LogP contribution >= 0.6 is 0 Å². The maximum atomic E-state index is 10.9. The van der Waals surface area contributed by atoms with Crippen molar-refractivity contribution in [3.8, 4) is 0 Å². The lowest BCUT2D eigenvalue weighted by Crippen LogP contribution is -2.30. The Morgan fingerprint density at radius 2 is 2.27 bits per heavy atom. The summed E-state index contributed by atoms with van der Waals surface area (Å²) in [6, 6.07) is 0. The zero-order chi connectivity index (χ0) is 7.84. The predicted octanol–water partition coefficient (Wildman–Crippen LogP) is -2.70. The summed E-state index contributed by atoms with van der Waals surface area (Å²) in [5.74, 6) is 0. The average Bonchev–Trinajstić information content (AvgIpc) is 2.36. The molecule has 0 aromatic carbocycles. The SMILES string of the molecule is Bc1nc2nn[nH]c2[nH]c1=O. The van der Waals surface area contributed by atoms with E-state index in [4.69, 9.17) is 0 Å². The van der Waals surface area contributed by atoms with Crippen molar-refractivity contribution in [1.82, 2.24) is 25.4 Å². The highest BCUT2D eigenvalue weighted by atomic mass is 16.1. The van der Waals surface area contributed by atoms with Crippen LogP contribution in [0.15, 0.2) is 4.79 Å². The fourth-order valence-electron chi connectivity index (χ4n) is 0.798. The molecule has 0 aliphatic carbocycles. The summed E-state index contributed by atoms with van der Waals surface area (Å²) >= 11 is 0. The quantitative estimate of drug-likeness (QED) is 0.399. The van der Waals surface area contributed by atoms with Crippen molar-refractivity contribution >= 4 is 24.7 Å². The lowest BCUT2D eigenvalue weighted by atomic mass is 10.1. The smallest absolute Gasteiger partial charge is 0.261 e. The van der Waals surface area contributed by atoms with Crippen LogP contribution in [0.2, 0.25) is 0 Å². The van der Waals surface area contributed by atoms with E-state index in [2.05, 4.69) is 25.4 Å². The third-order valence-electron chi connectivity index (χ3n) is 1.37. The second-order valence-electron chi connectivity index (χ2n) is 2.16. The van der Waals surface area contributed by atoms with Gasteiger partial charge in [-0.3, -0.25) is 4.79 Å². The van der Waals surface area contributed by atoms with Gasteiger partial charge in [0.15, 0.2) is 13.5 Å². The monoisotopic (exact) mass is 149 g/mol. The first-order chi connectivity index (χ1) is 5.27. The summed E-state index contributed by atoms with van der Waals surface area (Å²) in [5.41, 5.74) is 1.07. The Morgan fingerprint density at radius 1 is 1.45 bits per heavy atom. The van der Waals surface area contributed by atoms with E-state index in [1.54, 1.807) is 7.85 Å². The van der Waals surface area contributed by atoms with Gasteiger partial charge in [-0.1, -0.05) is 5.21 Å². The Morgan fingerprint density at radius 3 is 3.09 bits per heavy atom. The Hall–Kier alpha value is -1.66. The molecular formula is C4H4BN5O. The van der Waals surface area contributed by atoms with Gasteiger partial charge in [0.25, 0.3) is 5.56 Å². The predicted molar refractivity (Wildman–Crippen MR) is 40.5 cm³/mol. The number of fused-ring (bicyclic) bond motifs is 1. The summed E-state index contributed by atoms with van der Waals surface area (Å²) < 4.78 is 0. The van der Waals surface area contributed by atoms with Gasteiger partial charge in [-0.2, -0.15) is 0 Å². The first kappa shape index (κ1) is 6.08. The number of H-pyrrole nitrogens is 2. The maximum Gasteiger partial charge on any atom is 0.261 e. The van der Waals surface area contributed by atoms with Gasteiger partial charge in [0.05, 0.1) is 5.59 Å². The lowest BCUT2D eigenvalue weighted by Gasteiger charge is -1.87. The molecule has 7 heteroatoms. The molecule has 0 saturated carbocycles. The molecule has 0 atom stereocenters. The molecule has 2 N–H and O–H groups in total. The van der Waals surface area contributed by atoms with Crippen LogP contribution in [0.1, 0.15) is 0 Å². The highest BCUT2D eigenvalue weighted by Crippen LogP contribution is 1.91. The van der Waals surface area contributed by atoms with Crippen molar-refractivity contribution < 1.29 is 0 Å². The molecule has 0 fully saturated rings. The van der Waals surface area contributed by atoms with Crippen LogP contribution in [0.3, 0.4) is 0 Å². The Bertz CT molecular complexity index is 445. The Balaban J connectivity index is 2.97. The van der Waals surface area contributed by atoms with Crippen molar-refractivity contribution in [2.75, 3.05) is 0 Å². The molecule has 0 aliphatic heterocycles. The molecule has 2 heterocycles. The van der Waals surface area contributed by atoms with Crippen LogP contribution in [-0.2, 0) is 0 Å². The van der Waals surface area contributed by atoms with Gasteiger partial charge in [-0.05, 0) is 0 Å². The number of aromatic nitrogens is 5. The van der Waals surface area contributed by atoms with Crippen LogP contribution in [0.5, 0.6) is 0 Å². The van der Waals surface area contributed by atoms with Gasteiger partial charge in [-0.25, -0.2) is 10.1 Å². The van der Waals surface area contributed by atoms with E-state index in [1.165, 1.54) is 0 Å². The third-order valence-corrected chi connectivity index (χ3v) is 1.37. The lowest BCUT2D eigenvalue weighted by molar-refractivity contribution is 0.951. The number of hydrogen-bond donors (Lipinski definition) is 2. The van der Waals surface area contributed by atoms with Crippen molar-refractivity contribution in [3.63, 3.8) is 0 Å². The van der Waals surface area contributed by atoms with Gasteiger partial charge >= 0.3 is 0 Å². The summed E-state index contributed by atoms with van der Waals surface area (Å²) in [5, 5.41) is 9.62. The van der Waals surface area contributed by atoms with Crippen molar-refractivity contribution in [1.29, 1.82) is 0 Å². The molecule has 0 spiro atoms. The molecular weight excluding hydrogens is 145 g/mol. The van der Waals surface area contributed by atoms with Gasteiger partial charge in [0.1, 0.15) is 0 Å². The Kier molecular flexibility index (Phi) is 1.06. The molecule has 2 aromatic rings. The maximum absolute atomic E-state index is 10.9. The summed E-state index contributed by atoms with van der Waals surface area (Å²) in [6.07, 6.45) is 0. The number of rotatable bonds is 0. The van der Waals surface area contributed by atoms with Gasteiger partial charge in [-0.15, -0.1) is 5.10 Å². The molecule has 2 rings (SSSR count). The van der Waals surface area contributed by atoms with Crippen LogP contribution in [-0.4, -0.2) is 33.2 Å². The van der Waals surface area contributed by atoms with Crippen LogP contribution < -0.4 is 11.2 Å². The standard InChI is InChI=1S/C4H4BN5O/c5-1-4(11)7-3-2(6-1)8-10-9-3/h5H2,(H2,6,7,8,9,10,11). The minimum absolute atomic E-state index is 0.219. The second-order valence-corrected chi connectivity index (χ2v) is 2.16. The number of nitrogens with one attached hydrogen (secondary N) is 2. The van der Waals surface area contributed by atoms with Gasteiger partial charge in [0, 0.05) is 0 Å². The molecule has 0 radical (unpaired) electrons. The summed E-state index contributed by atoms with van der Waals surface area (Å²) in [7, 11) is 1.62. The minimum Gasteiger partial charge on any atom is -0.303 e. The van der Waals surface area contributed by atoms with Crippen molar-refractivity contribution in [2.45, 2.75) is 0 Å². The molecule has 6 nitrogen and oxygen atoms in total. The molecule has 0 bridgehead atoms. The second kappa shape index (κ2) is 1.91. The van der Waals surface area contributed by atoms with Gasteiger partial charge < -0.3 is 4.98 Å². The topological polar surface area (TPSA) is 87.3 Å². The zero-order valence-corrected chi connectivity index (χ0v) is 5.75. The third kappa shape index (κ3) is 0.812. The molecule has 11 heavy (non-hydrogen) atoms. The average molecular weight is 149 g/mol. The molecule has 0 amide bonds. The molecule has 54 valence electrons. The van der Waals surface area contributed by atoms with E-state index >= 15 is 0 Å². The molecule has 0 unspecified atom stereocenters. The molecule has 2 aromatic heterocycles. The van der Waals surface area contributed by atoms with Crippen molar-refractivity contribution in [2.24, 2.45) is 0 Å². The highest BCUT2D eigenvalue weighted by molar-refractivity contribution is 6.30. The van der Waals surface area contributed by atoms with Crippen molar-refractivity contribution in [3.05, 3.63) is 10.4 Å². The first-order valence-corrected chi connectivity index (χ1v) is 3.05. The molecule has 0 aliphatic rings. The largest absolute Gasteiger partial charge is 0.303 e. The van der Waals surface area contributed by atoms with Crippen LogP contribution in [0.25, 0.3) is 11.3 Å². The summed E-state index contributed by atoms with van der Waals surface area (Å²) in [6.45, 7) is 0. The van der Waals surface area contributed by atoms with E-state index in [1.807, 2.05) is 0 Å². The van der Waals surface area contributed by atoms with Crippen LogP contribution in [0, 0.1) is 0 Å². The van der Waals surface area contributed by atoms with E-state index < -0.39 is 0 Å². The van der Waals surface area contributed by atoms with E-state index in [-0.39, 0.29) is 5.56 Å². The van der Waals surface area contributed by atoms with Crippen LogP contribution in [0.4, 0.5) is 0 Å². The summed E-state index contributed by atoms with van der Waals surface area (Å²) in [4.78, 5) is 17.4. The number of hydrogen-bond acceptors (Lipinski definition) is 4. The van der Waals surface area contributed by atoms with E-state index in [0.29, 0.717) is 16.9 Å². The highest BCUT2D eigenvalue weighted by Gasteiger charge is 2.01. The number of aromatic amines is 2. The minimum atomic E-state index is -0.219.